The predicted octanol–water partition coefficient (Wildman–Crippen LogP) is 1.04. The molecule has 0 atom stereocenters. The van der Waals surface area contributed by atoms with Crippen LogP contribution in [-0.4, -0.2) is 43.5 Å². The minimum atomic E-state index is -0.624. The average molecular weight is 292 g/mol. The molecule has 21 heavy (non-hydrogen) atoms. The van der Waals surface area contributed by atoms with Gasteiger partial charge in [0.15, 0.2) is 0 Å². The van der Waals surface area contributed by atoms with Crippen molar-refractivity contribution >= 4 is 17.3 Å². The largest absolute Gasteiger partial charge is 0.398 e. The van der Waals surface area contributed by atoms with E-state index in [1.54, 1.807) is 0 Å². The monoisotopic (exact) mass is 292 g/mol. The highest BCUT2D eigenvalue weighted by Gasteiger charge is 2.27. The van der Waals surface area contributed by atoms with E-state index in [0.717, 1.165) is 38.6 Å². The maximum atomic E-state index is 14.1. The van der Waals surface area contributed by atoms with Crippen LogP contribution in [0.25, 0.3) is 0 Å². The van der Waals surface area contributed by atoms with Gasteiger partial charge in [-0.1, -0.05) is 0 Å². The maximum Gasteiger partial charge on any atom is 0.250 e. The summed E-state index contributed by atoms with van der Waals surface area (Å²) in [5, 5.41) is 0. The lowest BCUT2D eigenvalue weighted by Gasteiger charge is -2.36. The molecule has 1 aliphatic carbocycles. The van der Waals surface area contributed by atoms with E-state index in [2.05, 4.69) is 4.90 Å². The third kappa shape index (κ3) is 3.10. The zero-order valence-corrected chi connectivity index (χ0v) is 12.0. The molecule has 2 aliphatic rings. The molecule has 1 saturated carbocycles. The second-order valence-corrected chi connectivity index (χ2v) is 5.99. The normalized spacial score (nSPS) is 19.8. The van der Waals surface area contributed by atoms with Gasteiger partial charge in [0.2, 0.25) is 0 Å². The van der Waals surface area contributed by atoms with Crippen LogP contribution in [0.1, 0.15) is 23.2 Å². The molecule has 1 saturated heterocycles. The lowest BCUT2D eigenvalue weighted by atomic mass is 10.1. The van der Waals surface area contributed by atoms with Crippen molar-refractivity contribution in [1.29, 1.82) is 0 Å². The molecule has 0 radical (unpaired) electrons. The van der Waals surface area contributed by atoms with E-state index in [9.17, 15) is 9.18 Å². The molecule has 0 aromatic heterocycles. The second-order valence-electron chi connectivity index (χ2n) is 5.99. The molecule has 6 heteroatoms. The molecule has 114 valence electrons. The van der Waals surface area contributed by atoms with Gasteiger partial charge in [0.25, 0.3) is 5.91 Å². The third-order valence-electron chi connectivity index (χ3n) is 4.31. The number of primary amides is 1. The van der Waals surface area contributed by atoms with Gasteiger partial charge in [-0.3, -0.25) is 9.69 Å². The Hall–Kier alpha value is -1.82. The fourth-order valence-electron chi connectivity index (χ4n) is 2.87. The van der Waals surface area contributed by atoms with Crippen LogP contribution in [0, 0.1) is 11.7 Å². The van der Waals surface area contributed by atoms with Crippen LogP contribution in [0.4, 0.5) is 15.8 Å². The number of anilines is 2. The highest BCUT2D eigenvalue weighted by atomic mass is 19.1. The number of piperazine rings is 1. The van der Waals surface area contributed by atoms with Gasteiger partial charge in [-0.2, -0.15) is 0 Å². The third-order valence-corrected chi connectivity index (χ3v) is 4.31. The second kappa shape index (κ2) is 5.52. The minimum Gasteiger partial charge on any atom is -0.398 e. The summed E-state index contributed by atoms with van der Waals surface area (Å²) in [5.74, 6) is -0.152. The number of carbonyl (C=O) groups is 1. The molecular weight excluding hydrogens is 271 g/mol. The van der Waals surface area contributed by atoms with Gasteiger partial charge in [-0.05, 0) is 30.9 Å². The van der Waals surface area contributed by atoms with Gasteiger partial charge in [0, 0.05) is 38.4 Å². The summed E-state index contributed by atoms with van der Waals surface area (Å²) < 4.78 is 14.1. The number of carbonyl (C=O) groups excluding carboxylic acids is 1. The predicted molar refractivity (Wildman–Crippen MR) is 80.7 cm³/mol. The van der Waals surface area contributed by atoms with Crippen molar-refractivity contribution in [2.24, 2.45) is 11.7 Å². The molecule has 1 aliphatic heterocycles. The van der Waals surface area contributed by atoms with E-state index in [1.165, 1.54) is 25.0 Å². The van der Waals surface area contributed by atoms with Crippen LogP contribution in [-0.2, 0) is 0 Å². The Balaban J connectivity index is 1.72. The zero-order chi connectivity index (χ0) is 15.0. The lowest BCUT2D eigenvalue weighted by molar-refractivity contribution is 0.100. The average Bonchev–Trinajstić information content (AvgIpc) is 3.23. The molecule has 0 spiro atoms. The SMILES string of the molecule is NC(=O)c1cc(N2CCN(CC3CC3)CC2)c(F)cc1N. The van der Waals surface area contributed by atoms with Crippen molar-refractivity contribution in [3.63, 3.8) is 0 Å². The first-order valence-electron chi connectivity index (χ1n) is 7.40. The van der Waals surface area contributed by atoms with Gasteiger partial charge in [0.1, 0.15) is 5.82 Å². The Morgan fingerprint density at radius 3 is 2.48 bits per heavy atom. The van der Waals surface area contributed by atoms with Crippen LogP contribution in [0.2, 0.25) is 0 Å². The molecular formula is C15H21FN4O. The number of hydrogen-bond donors (Lipinski definition) is 2. The number of nitrogens with two attached hydrogens (primary N) is 2. The summed E-state index contributed by atoms with van der Waals surface area (Å²) in [6.07, 6.45) is 2.68. The molecule has 3 rings (SSSR count). The number of rotatable bonds is 4. The number of nitrogen functional groups attached to an aromatic ring is 1. The highest BCUT2D eigenvalue weighted by Crippen LogP contribution is 2.31. The van der Waals surface area contributed by atoms with E-state index in [4.69, 9.17) is 11.5 Å². The summed E-state index contributed by atoms with van der Waals surface area (Å²) in [6, 6.07) is 2.66. The van der Waals surface area contributed by atoms with Crippen LogP contribution < -0.4 is 16.4 Å². The number of amides is 1. The fourth-order valence-corrected chi connectivity index (χ4v) is 2.87. The first-order valence-corrected chi connectivity index (χ1v) is 7.40. The van der Waals surface area contributed by atoms with E-state index >= 15 is 0 Å². The van der Waals surface area contributed by atoms with Crippen molar-refractivity contribution in [1.82, 2.24) is 4.90 Å². The van der Waals surface area contributed by atoms with E-state index in [0.29, 0.717) is 5.69 Å². The van der Waals surface area contributed by atoms with Crippen molar-refractivity contribution in [3.05, 3.63) is 23.5 Å². The lowest BCUT2D eigenvalue weighted by Crippen LogP contribution is -2.47. The van der Waals surface area contributed by atoms with Crippen molar-refractivity contribution < 1.29 is 9.18 Å². The molecule has 5 nitrogen and oxygen atoms in total. The molecule has 2 fully saturated rings. The van der Waals surface area contributed by atoms with Gasteiger partial charge >= 0.3 is 0 Å². The van der Waals surface area contributed by atoms with Crippen LogP contribution in [0.15, 0.2) is 12.1 Å². The minimum absolute atomic E-state index is 0.0936. The number of hydrogen-bond acceptors (Lipinski definition) is 4. The molecule has 1 heterocycles. The van der Waals surface area contributed by atoms with Crippen molar-refractivity contribution in [3.8, 4) is 0 Å². The van der Waals surface area contributed by atoms with Crippen molar-refractivity contribution in [2.45, 2.75) is 12.8 Å². The van der Waals surface area contributed by atoms with Gasteiger partial charge in [-0.15, -0.1) is 0 Å². The highest BCUT2D eigenvalue weighted by molar-refractivity contribution is 5.99. The summed E-state index contributed by atoms with van der Waals surface area (Å²) in [7, 11) is 0. The first kappa shape index (κ1) is 14.1. The topological polar surface area (TPSA) is 75.6 Å². The van der Waals surface area contributed by atoms with E-state index in [-0.39, 0.29) is 11.3 Å². The summed E-state index contributed by atoms with van der Waals surface area (Å²) in [6.45, 7) is 4.51. The number of nitrogens with zero attached hydrogens (tertiary/aromatic N) is 2. The van der Waals surface area contributed by atoms with E-state index in [1.807, 2.05) is 4.90 Å². The van der Waals surface area contributed by atoms with Gasteiger partial charge in [0.05, 0.1) is 11.3 Å². The molecule has 4 N–H and O–H groups in total. The Labute approximate surface area is 123 Å². The van der Waals surface area contributed by atoms with Crippen LogP contribution in [0.5, 0.6) is 0 Å². The Morgan fingerprint density at radius 2 is 1.90 bits per heavy atom. The van der Waals surface area contributed by atoms with Crippen molar-refractivity contribution in [2.75, 3.05) is 43.4 Å². The Bertz CT molecular complexity index is 551. The van der Waals surface area contributed by atoms with Gasteiger partial charge in [-0.25, -0.2) is 4.39 Å². The molecule has 1 amide bonds. The van der Waals surface area contributed by atoms with E-state index < -0.39 is 11.7 Å². The molecule has 1 aromatic rings. The Morgan fingerprint density at radius 1 is 1.24 bits per heavy atom. The van der Waals surface area contributed by atoms with Crippen LogP contribution >= 0.6 is 0 Å². The maximum absolute atomic E-state index is 14.1. The smallest absolute Gasteiger partial charge is 0.250 e. The Kier molecular flexibility index (Phi) is 3.71. The van der Waals surface area contributed by atoms with Gasteiger partial charge < -0.3 is 16.4 Å². The number of benzene rings is 1. The first-order chi connectivity index (χ1) is 10.0. The van der Waals surface area contributed by atoms with Crippen LogP contribution in [0.3, 0.4) is 0 Å². The standard InChI is InChI=1S/C15H21FN4O/c16-12-8-13(17)11(15(18)21)7-14(12)20-5-3-19(4-6-20)9-10-1-2-10/h7-8,10H,1-6,9,17H2,(H2,18,21). The summed E-state index contributed by atoms with van der Waals surface area (Å²) in [4.78, 5) is 15.7. The molecule has 0 bridgehead atoms. The quantitative estimate of drug-likeness (QED) is 0.813. The summed E-state index contributed by atoms with van der Waals surface area (Å²) >= 11 is 0. The number of halogens is 1. The zero-order valence-electron chi connectivity index (χ0n) is 12.0. The summed E-state index contributed by atoms with van der Waals surface area (Å²) in [5.41, 5.74) is 11.6. The molecule has 0 unspecified atom stereocenters. The fraction of sp³-hybridized carbons (Fsp3) is 0.533. The molecule has 1 aromatic carbocycles.